The molecular formula is C23H25N3O2. The van der Waals surface area contributed by atoms with Crippen LogP contribution in [0.5, 0.6) is 0 Å². The summed E-state index contributed by atoms with van der Waals surface area (Å²) in [6.07, 6.45) is 3.90. The second-order valence-electron chi connectivity index (χ2n) is 7.76. The van der Waals surface area contributed by atoms with Crippen LogP contribution in [0.4, 0.5) is 10.5 Å². The number of ether oxygens (including phenoxy) is 1. The van der Waals surface area contributed by atoms with Crippen LogP contribution in [0.3, 0.4) is 0 Å². The first-order valence-electron chi connectivity index (χ1n) is 9.88. The van der Waals surface area contributed by atoms with E-state index in [2.05, 4.69) is 18.0 Å². The molecule has 28 heavy (non-hydrogen) atoms. The number of carbonyl (C=O) groups is 1. The smallest absolute Gasteiger partial charge is 0.414 e. The van der Waals surface area contributed by atoms with Crippen LogP contribution in [-0.2, 0) is 11.3 Å². The molecule has 2 aliphatic rings. The summed E-state index contributed by atoms with van der Waals surface area (Å²) in [6, 6.07) is 20.1. The highest BCUT2D eigenvalue weighted by Crippen LogP contribution is 2.36. The Kier molecular flexibility index (Phi) is 5.31. The fourth-order valence-electron chi connectivity index (χ4n) is 4.40. The van der Waals surface area contributed by atoms with Gasteiger partial charge in [-0.05, 0) is 49.7 Å². The van der Waals surface area contributed by atoms with Crippen molar-refractivity contribution in [3.63, 3.8) is 0 Å². The van der Waals surface area contributed by atoms with Crippen molar-refractivity contribution in [3.05, 3.63) is 65.7 Å². The number of para-hydroxylation sites is 1. The Bertz CT molecular complexity index is 846. The van der Waals surface area contributed by atoms with Crippen LogP contribution in [0.2, 0.25) is 0 Å². The van der Waals surface area contributed by atoms with E-state index in [0.29, 0.717) is 24.2 Å². The van der Waals surface area contributed by atoms with E-state index in [4.69, 9.17) is 10.00 Å². The standard InChI is InChI=1S/C23H25N3O2/c1-25-20-11-12-21(25)14-22(13-20)28-23(27)26(19-5-3-2-4-6-19)16-18-9-7-17(15-24)8-10-18/h2-10,20-22H,11-14,16H2,1H3/t20-,21+,22?. The molecule has 2 aliphatic heterocycles. The van der Waals surface area contributed by atoms with Crippen molar-refractivity contribution in [2.75, 3.05) is 11.9 Å². The normalized spacial score (nSPS) is 23.8. The van der Waals surface area contributed by atoms with Crippen LogP contribution >= 0.6 is 0 Å². The minimum absolute atomic E-state index is 0.0200. The lowest BCUT2D eigenvalue weighted by Gasteiger charge is -2.36. The summed E-state index contributed by atoms with van der Waals surface area (Å²) in [4.78, 5) is 17.2. The van der Waals surface area contributed by atoms with Crippen molar-refractivity contribution in [2.45, 2.75) is 50.4 Å². The number of piperidine rings is 1. The third-order valence-corrected chi connectivity index (χ3v) is 6.03. The van der Waals surface area contributed by atoms with E-state index >= 15 is 0 Å². The molecule has 0 aromatic heterocycles. The van der Waals surface area contributed by atoms with Gasteiger partial charge in [0.1, 0.15) is 6.10 Å². The van der Waals surface area contributed by atoms with Gasteiger partial charge < -0.3 is 9.64 Å². The van der Waals surface area contributed by atoms with Gasteiger partial charge in [0.2, 0.25) is 0 Å². The highest BCUT2D eigenvalue weighted by Gasteiger charge is 2.40. The number of hydrogen-bond acceptors (Lipinski definition) is 4. The lowest BCUT2D eigenvalue weighted by atomic mass is 10.0. The summed E-state index contributed by atoms with van der Waals surface area (Å²) in [7, 11) is 2.18. The second-order valence-corrected chi connectivity index (χ2v) is 7.76. The van der Waals surface area contributed by atoms with Gasteiger partial charge in [-0.1, -0.05) is 30.3 Å². The number of rotatable bonds is 4. The maximum Gasteiger partial charge on any atom is 0.414 e. The lowest BCUT2D eigenvalue weighted by molar-refractivity contribution is 0.0314. The summed E-state index contributed by atoms with van der Waals surface area (Å²) < 4.78 is 5.96. The summed E-state index contributed by atoms with van der Waals surface area (Å²) in [5.74, 6) is 0. The molecule has 2 aromatic rings. The van der Waals surface area contributed by atoms with Crippen LogP contribution in [0.1, 0.15) is 36.8 Å². The molecule has 3 atom stereocenters. The van der Waals surface area contributed by atoms with Gasteiger partial charge in [0.25, 0.3) is 0 Å². The molecule has 1 unspecified atom stereocenters. The Morgan fingerprint density at radius 3 is 2.36 bits per heavy atom. The Balaban J connectivity index is 1.50. The molecule has 0 aliphatic carbocycles. The van der Waals surface area contributed by atoms with Crippen LogP contribution in [0.25, 0.3) is 0 Å². The van der Waals surface area contributed by atoms with E-state index in [0.717, 1.165) is 24.1 Å². The molecule has 2 saturated heterocycles. The van der Waals surface area contributed by atoms with Gasteiger partial charge in [0.15, 0.2) is 0 Å². The molecule has 1 amide bonds. The number of benzene rings is 2. The minimum atomic E-state index is -0.301. The van der Waals surface area contributed by atoms with E-state index in [-0.39, 0.29) is 12.2 Å². The predicted molar refractivity (Wildman–Crippen MR) is 108 cm³/mol. The quantitative estimate of drug-likeness (QED) is 0.798. The van der Waals surface area contributed by atoms with Crippen molar-refractivity contribution in [1.29, 1.82) is 5.26 Å². The largest absolute Gasteiger partial charge is 0.446 e. The Morgan fingerprint density at radius 1 is 1.11 bits per heavy atom. The van der Waals surface area contributed by atoms with Gasteiger partial charge in [-0.3, -0.25) is 4.90 Å². The van der Waals surface area contributed by atoms with Gasteiger partial charge >= 0.3 is 6.09 Å². The van der Waals surface area contributed by atoms with E-state index in [1.54, 1.807) is 17.0 Å². The van der Waals surface area contributed by atoms with Crippen molar-refractivity contribution in [3.8, 4) is 6.07 Å². The molecule has 5 nitrogen and oxygen atoms in total. The highest BCUT2D eigenvalue weighted by atomic mass is 16.6. The molecule has 2 bridgehead atoms. The first-order chi connectivity index (χ1) is 13.6. The van der Waals surface area contributed by atoms with E-state index in [1.807, 2.05) is 42.5 Å². The second kappa shape index (κ2) is 8.04. The molecule has 0 spiro atoms. The molecule has 5 heteroatoms. The number of carbonyl (C=O) groups excluding carboxylic acids is 1. The lowest BCUT2D eigenvalue weighted by Crippen LogP contribution is -2.45. The van der Waals surface area contributed by atoms with Crippen molar-refractivity contribution < 1.29 is 9.53 Å². The SMILES string of the molecule is CN1[C@@H]2CC[C@H]1CC(OC(=O)N(Cc1ccc(C#N)cc1)c1ccccc1)C2. The number of hydrogen-bond donors (Lipinski definition) is 0. The Hall–Kier alpha value is -2.84. The topological polar surface area (TPSA) is 56.6 Å². The zero-order valence-electron chi connectivity index (χ0n) is 16.1. The monoisotopic (exact) mass is 375 g/mol. The van der Waals surface area contributed by atoms with Crippen molar-refractivity contribution in [2.24, 2.45) is 0 Å². The molecular weight excluding hydrogens is 350 g/mol. The van der Waals surface area contributed by atoms with Crippen LogP contribution < -0.4 is 4.90 Å². The minimum Gasteiger partial charge on any atom is -0.446 e. The molecule has 144 valence electrons. The fraction of sp³-hybridized carbons (Fsp3) is 0.391. The summed E-state index contributed by atoms with van der Waals surface area (Å²) >= 11 is 0. The summed E-state index contributed by atoms with van der Waals surface area (Å²) in [6.45, 7) is 0.411. The van der Waals surface area contributed by atoms with E-state index in [1.165, 1.54) is 12.8 Å². The van der Waals surface area contributed by atoms with Gasteiger partial charge in [0.05, 0.1) is 18.2 Å². The van der Waals surface area contributed by atoms with Crippen molar-refractivity contribution >= 4 is 11.8 Å². The molecule has 4 rings (SSSR count). The number of fused-ring (bicyclic) bond motifs is 2. The van der Waals surface area contributed by atoms with Gasteiger partial charge in [-0.2, -0.15) is 5.26 Å². The van der Waals surface area contributed by atoms with Crippen molar-refractivity contribution in [1.82, 2.24) is 4.90 Å². The maximum atomic E-state index is 13.1. The Morgan fingerprint density at radius 2 is 1.75 bits per heavy atom. The Labute approximate surface area is 166 Å². The van der Waals surface area contributed by atoms with Crippen LogP contribution in [0.15, 0.2) is 54.6 Å². The molecule has 2 aromatic carbocycles. The number of amides is 1. The predicted octanol–water partition coefficient (Wildman–Crippen LogP) is 4.33. The number of anilines is 1. The molecule has 0 N–H and O–H groups in total. The zero-order chi connectivity index (χ0) is 19.5. The highest BCUT2D eigenvalue weighted by molar-refractivity contribution is 5.87. The van der Waals surface area contributed by atoms with Crippen LogP contribution in [-0.4, -0.2) is 36.2 Å². The zero-order valence-corrected chi connectivity index (χ0v) is 16.1. The van der Waals surface area contributed by atoms with E-state index in [9.17, 15) is 4.79 Å². The van der Waals surface area contributed by atoms with E-state index < -0.39 is 0 Å². The summed E-state index contributed by atoms with van der Waals surface area (Å²) in [5, 5.41) is 8.99. The average Bonchev–Trinajstić information content (AvgIpc) is 2.93. The van der Waals surface area contributed by atoms with Gasteiger partial charge in [-0.25, -0.2) is 4.79 Å². The first-order valence-corrected chi connectivity index (χ1v) is 9.88. The average molecular weight is 375 g/mol. The van der Waals surface area contributed by atoms with Crippen LogP contribution in [0, 0.1) is 11.3 Å². The summed E-state index contributed by atoms with van der Waals surface area (Å²) in [5.41, 5.74) is 2.38. The fourth-order valence-corrected chi connectivity index (χ4v) is 4.40. The third-order valence-electron chi connectivity index (χ3n) is 6.03. The molecule has 0 saturated carbocycles. The number of nitriles is 1. The first kappa shape index (κ1) is 18.5. The maximum absolute atomic E-state index is 13.1. The molecule has 0 radical (unpaired) electrons. The number of nitrogens with zero attached hydrogens (tertiary/aromatic N) is 3. The van der Waals surface area contributed by atoms with Gasteiger partial charge in [0, 0.05) is 30.6 Å². The third kappa shape index (κ3) is 3.88. The molecule has 2 heterocycles. The molecule has 2 fully saturated rings. The van der Waals surface area contributed by atoms with Gasteiger partial charge in [-0.15, -0.1) is 0 Å².